The molecule has 2 aromatic rings. The first kappa shape index (κ1) is 17.8. The quantitative estimate of drug-likeness (QED) is 0.817. The van der Waals surface area contributed by atoms with Crippen LogP contribution in [0.2, 0.25) is 0 Å². The molecule has 3 rings (SSSR count). The molecule has 1 heterocycles. The Balaban J connectivity index is 1.65. The van der Waals surface area contributed by atoms with Crippen molar-refractivity contribution in [2.24, 2.45) is 0 Å². The highest BCUT2D eigenvalue weighted by Crippen LogP contribution is 2.22. The lowest BCUT2D eigenvalue weighted by Crippen LogP contribution is -2.48. The first-order chi connectivity index (χ1) is 12.0. The van der Waals surface area contributed by atoms with Crippen molar-refractivity contribution >= 4 is 10.0 Å². The van der Waals surface area contributed by atoms with Crippen LogP contribution in [0.1, 0.15) is 5.56 Å². The Morgan fingerprint density at radius 3 is 2.44 bits per heavy atom. The van der Waals surface area contributed by atoms with Crippen LogP contribution in [0, 0.1) is 5.82 Å². The van der Waals surface area contributed by atoms with E-state index in [9.17, 15) is 12.8 Å². The first-order valence-electron chi connectivity index (χ1n) is 8.10. The smallest absolute Gasteiger partial charge is 0.243 e. The lowest BCUT2D eigenvalue weighted by molar-refractivity contribution is 0.180. The Morgan fingerprint density at radius 1 is 1.04 bits per heavy atom. The summed E-state index contributed by atoms with van der Waals surface area (Å²) >= 11 is 0. The molecule has 0 spiro atoms. The molecular formula is C18H21FN2O3S. The maximum atomic E-state index is 13.3. The zero-order valence-electron chi connectivity index (χ0n) is 14.1. The molecule has 1 aliphatic rings. The molecule has 0 unspecified atom stereocenters. The van der Waals surface area contributed by atoms with Crippen molar-refractivity contribution in [3.05, 3.63) is 59.9 Å². The Morgan fingerprint density at radius 2 is 1.76 bits per heavy atom. The topological polar surface area (TPSA) is 49.9 Å². The third-order valence-electron chi connectivity index (χ3n) is 4.35. The normalized spacial score (nSPS) is 16.7. The van der Waals surface area contributed by atoms with E-state index in [2.05, 4.69) is 4.90 Å². The van der Waals surface area contributed by atoms with Gasteiger partial charge in [-0.15, -0.1) is 0 Å². The van der Waals surface area contributed by atoms with Crippen molar-refractivity contribution in [2.45, 2.75) is 11.4 Å². The predicted octanol–water partition coefficient (Wildman–Crippen LogP) is 2.34. The zero-order valence-corrected chi connectivity index (χ0v) is 14.9. The van der Waals surface area contributed by atoms with Crippen LogP contribution in [0.3, 0.4) is 0 Å². The van der Waals surface area contributed by atoms with E-state index < -0.39 is 15.8 Å². The molecule has 0 atom stereocenters. The average molecular weight is 364 g/mol. The molecule has 2 aromatic carbocycles. The molecule has 0 saturated carbocycles. The summed E-state index contributed by atoms with van der Waals surface area (Å²) in [5.74, 6) is 0.285. The molecule has 0 aromatic heterocycles. The number of hydrogen-bond acceptors (Lipinski definition) is 4. The van der Waals surface area contributed by atoms with E-state index in [0.29, 0.717) is 32.7 Å². The minimum Gasteiger partial charge on any atom is -0.496 e. The molecule has 1 saturated heterocycles. The van der Waals surface area contributed by atoms with Gasteiger partial charge in [0, 0.05) is 38.3 Å². The van der Waals surface area contributed by atoms with Gasteiger partial charge in [-0.3, -0.25) is 4.90 Å². The summed E-state index contributed by atoms with van der Waals surface area (Å²) in [6, 6.07) is 13.0. The highest BCUT2D eigenvalue weighted by atomic mass is 32.2. The van der Waals surface area contributed by atoms with Crippen molar-refractivity contribution in [1.29, 1.82) is 0 Å². The molecule has 7 heteroatoms. The Kier molecular flexibility index (Phi) is 5.36. The van der Waals surface area contributed by atoms with Crippen molar-refractivity contribution in [3.63, 3.8) is 0 Å². The Hall–Kier alpha value is -1.96. The lowest BCUT2D eigenvalue weighted by atomic mass is 10.2. The summed E-state index contributed by atoms with van der Waals surface area (Å²) < 4.78 is 45.4. The molecule has 0 bridgehead atoms. The number of rotatable bonds is 5. The number of sulfonamides is 1. The summed E-state index contributed by atoms with van der Waals surface area (Å²) in [6.07, 6.45) is 0. The second-order valence-corrected chi connectivity index (χ2v) is 7.89. The van der Waals surface area contributed by atoms with Gasteiger partial charge in [0.05, 0.1) is 12.0 Å². The number of methoxy groups -OCH3 is 1. The Labute approximate surface area is 147 Å². The minimum absolute atomic E-state index is 0.00526. The van der Waals surface area contributed by atoms with E-state index in [1.165, 1.54) is 22.5 Å². The molecular weight excluding hydrogens is 343 g/mol. The highest BCUT2D eigenvalue weighted by molar-refractivity contribution is 7.89. The monoisotopic (exact) mass is 364 g/mol. The number of ether oxygens (including phenoxy) is 1. The fraction of sp³-hybridized carbons (Fsp3) is 0.333. The summed E-state index contributed by atoms with van der Waals surface area (Å²) in [4.78, 5) is 2.20. The second kappa shape index (κ2) is 7.51. The van der Waals surface area contributed by atoms with Gasteiger partial charge in [-0.1, -0.05) is 24.3 Å². The SMILES string of the molecule is COc1ccccc1CN1CCN(S(=O)(=O)c2cccc(F)c2)CC1. The van der Waals surface area contributed by atoms with Crippen LogP contribution in [0.4, 0.5) is 4.39 Å². The second-order valence-electron chi connectivity index (χ2n) is 5.95. The third kappa shape index (κ3) is 4.00. The molecule has 25 heavy (non-hydrogen) atoms. The largest absolute Gasteiger partial charge is 0.496 e. The van der Waals surface area contributed by atoms with Crippen LogP contribution < -0.4 is 4.74 Å². The average Bonchev–Trinajstić information content (AvgIpc) is 2.63. The Bertz CT molecular complexity index is 834. The summed E-state index contributed by atoms with van der Waals surface area (Å²) in [5.41, 5.74) is 1.08. The van der Waals surface area contributed by atoms with Crippen LogP contribution >= 0.6 is 0 Å². The lowest BCUT2D eigenvalue weighted by Gasteiger charge is -2.34. The molecule has 0 radical (unpaired) electrons. The van der Waals surface area contributed by atoms with Crippen molar-refractivity contribution in [1.82, 2.24) is 9.21 Å². The number of para-hydroxylation sites is 1. The van der Waals surface area contributed by atoms with Crippen LogP contribution in [-0.2, 0) is 16.6 Å². The summed E-state index contributed by atoms with van der Waals surface area (Å²) in [6.45, 7) is 2.71. The number of nitrogens with zero attached hydrogens (tertiary/aromatic N) is 2. The molecule has 0 amide bonds. The van der Waals surface area contributed by atoms with Crippen molar-refractivity contribution < 1.29 is 17.5 Å². The standard InChI is InChI=1S/C18H21FN2O3S/c1-24-18-8-3-2-5-15(18)14-20-9-11-21(12-10-20)25(22,23)17-7-4-6-16(19)13-17/h2-8,13H,9-12,14H2,1H3. The van der Waals surface area contributed by atoms with Crippen LogP contribution in [0.25, 0.3) is 0 Å². The van der Waals surface area contributed by atoms with E-state index in [1.54, 1.807) is 7.11 Å². The number of piperazine rings is 1. The van der Waals surface area contributed by atoms with Gasteiger partial charge in [-0.05, 0) is 24.3 Å². The summed E-state index contributed by atoms with van der Waals surface area (Å²) in [7, 11) is -2.01. The van der Waals surface area contributed by atoms with Crippen molar-refractivity contribution in [2.75, 3.05) is 33.3 Å². The number of benzene rings is 2. The summed E-state index contributed by atoms with van der Waals surface area (Å²) in [5, 5.41) is 0. The van der Waals surface area contributed by atoms with E-state index in [4.69, 9.17) is 4.74 Å². The van der Waals surface area contributed by atoms with E-state index in [1.807, 2.05) is 24.3 Å². The minimum atomic E-state index is -3.65. The van der Waals surface area contributed by atoms with E-state index in [0.717, 1.165) is 17.4 Å². The van der Waals surface area contributed by atoms with Gasteiger partial charge in [0.1, 0.15) is 11.6 Å². The maximum absolute atomic E-state index is 13.3. The van der Waals surface area contributed by atoms with E-state index in [-0.39, 0.29) is 4.90 Å². The van der Waals surface area contributed by atoms with Crippen molar-refractivity contribution in [3.8, 4) is 5.75 Å². The third-order valence-corrected chi connectivity index (χ3v) is 6.25. The van der Waals surface area contributed by atoms with Gasteiger partial charge >= 0.3 is 0 Å². The molecule has 1 fully saturated rings. The fourth-order valence-electron chi connectivity index (χ4n) is 2.98. The molecule has 1 aliphatic heterocycles. The predicted molar refractivity (Wildman–Crippen MR) is 93.4 cm³/mol. The first-order valence-corrected chi connectivity index (χ1v) is 9.54. The number of halogens is 1. The maximum Gasteiger partial charge on any atom is 0.243 e. The molecule has 0 N–H and O–H groups in total. The van der Waals surface area contributed by atoms with Gasteiger partial charge < -0.3 is 4.74 Å². The molecule has 5 nitrogen and oxygen atoms in total. The van der Waals surface area contributed by atoms with E-state index >= 15 is 0 Å². The highest BCUT2D eigenvalue weighted by Gasteiger charge is 2.28. The van der Waals surface area contributed by atoms with Gasteiger partial charge in [0.15, 0.2) is 0 Å². The van der Waals surface area contributed by atoms with Gasteiger partial charge in [0.2, 0.25) is 10.0 Å². The van der Waals surface area contributed by atoms with Crippen LogP contribution in [0.5, 0.6) is 5.75 Å². The molecule has 134 valence electrons. The fourth-order valence-corrected chi connectivity index (χ4v) is 4.43. The van der Waals surface area contributed by atoms with Crippen LogP contribution in [0.15, 0.2) is 53.4 Å². The van der Waals surface area contributed by atoms with Gasteiger partial charge in [0.25, 0.3) is 0 Å². The van der Waals surface area contributed by atoms with Gasteiger partial charge in [-0.2, -0.15) is 4.31 Å². The zero-order chi connectivity index (χ0) is 17.9. The molecule has 0 aliphatic carbocycles. The van der Waals surface area contributed by atoms with Gasteiger partial charge in [-0.25, -0.2) is 12.8 Å². The van der Waals surface area contributed by atoms with Crippen LogP contribution in [-0.4, -0.2) is 50.9 Å². The number of hydrogen-bond donors (Lipinski definition) is 0.